The van der Waals surface area contributed by atoms with Crippen LogP contribution in [0.2, 0.25) is 0 Å². The van der Waals surface area contributed by atoms with Crippen LogP contribution in [0.5, 0.6) is 5.75 Å². The number of benzene rings is 1. The van der Waals surface area contributed by atoms with Crippen LogP contribution in [0.3, 0.4) is 0 Å². The van der Waals surface area contributed by atoms with Gasteiger partial charge in [0.2, 0.25) is 0 Å². The minimum absolute atomic E-state index is 0.0212. The number of hydrogen-bond acceptors (Lipinski definition) is 9. The lowest BCUT2D eigenvalue weighted by atomic mass is 9.91. The maximum Gasteiger partial charge on any atom is 0.348 e. The first-order chi connectivity index (χ1) is 20.2. The largest absolute Gasteiger partial charge is 0.496 e. The second kappa shape index (κ2) is 13.7. The average molecular weight is 616 g/mol. The zero-order chi connectivity index (χ0) is 32.2. The van der Waals surface area contributed by atoms with Crippen LogP contribution in [-0.4, -0.2) is 41.2 Å². The summed E-state index contributed by atoms with van der Waals surface area (Å²) in [7, 11) is 1.41. The van der Waals surface area contributed by atoms with E-state index in [-0.39, 0.29) is 64.3 Å². The Kier molecular flexibility index (Phi) is 10.7. The summed E-state index contributed by atoms with van der Waals surface area (Å²) in [6, 6.07) is 5.95. The first-order valence-electron chi connectivity index (χ1n) is 14.0. The van der Waals surface area contributed by atoms with Crippen molar-refractivity contribution in [3.8, 4) is 11.8 Å². The van der Waals surface area contributed by atoms with Gasteiger partial charge in [0.25, 0.3) is 5.56 Å². The van der Waals surface area contributed by atoms with E-state index in [1.165, 1.54) is 43.7 Å². The summed E-state index contributed by atoms with van der Waals surface area (Å²) in [5.41, 5.74) is -2.44. The Bertz CT molecular complexity index is 1680. The maximum absolute atomic E-state index is 14.5. The molecule has 0 amide bonds. The van der Waals surface area contributed by atoms with Gasteiger partial charge < -0.3 is 14.2 Å². The van der Waals surface area contributed by atoms with Crippen molar-refractivity contribution in [2.45, 2.75) is 73.1 Å². The number of Topliss-reactive ketones (excluding diaryl/α,β-unsaturated/α-hetero) is 1. The highest BCUT2D eigenvalue weighted by Gasteiger charge is 2.36. The number of halogens is 1. The molecule has 43 heavy (non-hydrogen) atoms. The van der Waals surface area contributed by atoms with Gasteiger partial charge >= 0.3 is 11.7 Å². The lowest BCUT2D eigenvalue weighted by Crippen LogP contribution is -2.53. The lowest BCUT2D eigenvalue weighted by molar-refractivity contribution is -0.127. The summed E-state index contributed by atoms with van der Waals surface area (Å²) in [6.45, 7) is 11.5. The van der Waals surface area contributed by atoms with E-state index in [2.05, 4.69) is 6.07 Å². The van der Waals surface area contributed by atoms with Gasteiger partial charge in [0.1, 0.15) is 32.9 Å². The molecule has 2 aromatic heterocycles. The number of carbonyl (C=O) groups is 2. The van der Waals surface area contributed by atoms with Crippen LogP contribution < -0.4 is 16.0 Å². The number of methoxy groups -OCH3 is 1. The van der Waals surface area contributed by atoms with Gasteiger partial charge in [0.05, 0.1) is 44.2 Å². The molecule has 0 unspecified atom stereocenters. The number of fused-ring (bicyclic) bond motifs is 1. The summed E-state index contributed by atoms with van der Waals surface area (Å²) >= 11 is 0.921. The molecule has 0 saturated heterocycles. The molecule has 0 spiro atoms. The molecule has 0 aliphatic heterocycles. The third-order valence-corrected chi connectivity index (χ3v) is 8.46. The molecular weight excluding hydrogens is 577 g/mol. The Morgan fingerprint density at radius 3 is 2.44 bits per heavy atom. The quantitative estimate of drug-likeness (QED) is 0.242. The van der Waals surface area contributed by atoms with Crippen molar-refractivity contribution in [1.29, 1.82) is 5.26 Å². The maximum atomic E-state index is 14.5. The van der Waals surface area contributed by atoms with Crippen molar-refractivity contribution in [3.63, 3.8) is 0 Å². The lowest BCUT2D eigenvalue weighted by Gasteiger charge is -2.28. The van der Waals surface area contributed by atoms with Crippen LogP contribution >= 0.6 is 11.3 Å². The molecule has 12 heteroatoms. The predicted molar refractivity (Wildman–Crippen MR) is 161 cm³/mol. The number of esters is 1. The van der Waals surface area contributed by atoms with E-state index < -0.39 is 40.6 Å². The molecule has 3 aromatic rings. The number of carbonyl (C=O) groups excluding carboxylic acids is 2. The van der Waals surface area contributed by atoms with E-state index in [1.807, 2.05) is 13.8 Å². The van der Waals surface area contributed by atoms with E-state index in [0.717, 1.165) is 15.9 Å². The fourth-order valence-electron chi connectivity index (χ4n) is 4.80. The number of nitriles is 1. The molecular formula is C31H38FN3O7S. The molecule has 0 radical (unpaired) electrons. The van der Waals surface area contributed by atoms with E-state index in [0.29, 0.717) is 5.56 Å². The SMILES string of the molecule is CCOC(=O)c1sc2c(c1C)c(=O)n(C(C)(C)C(=O)CC(C)C)c(=O)n2C[C@H](OC[C@@H](C)C#N)c1cc(F)ccc1OC. The van der Waals surface area contributed by atoms with Crippen LogP contribution in [0.4, 0.5) is 4.39 Å². The molecule has 2 heterocycles. The Morgan fingerprint density at radius 1 is 1.19 bits per heavy atom. The fraction of sp³-hybridized carbons (Fsp3) is 0.516. The second-order valence-corrected chi connectivity index (χ2v) is 12.3. The minimum atomic E-state index is -1.53. The molecule has 0 fully saturated rings. The summed E-state index contributed by atoms with van der Waals surface area (Å²) in [5, 5.41) is 9.45. The standard InChI is InChI=1S/C31H38FN3O7S/c1-9-41-29(38)26-19(5)25-27(37)35(31(6,7)24(36)12-17(2)3)30(39)34(28(25)43-26)15-23(42-16-18(4)14-33)21-13-20(32)10-11-22(21)40-8/h10-11,13,17-18,23H,9,12,15-16H2,1-8H3/t18-,23-/m0/s1. The van der Waals surface area contributed by atoms with Crippen molar-refractivity contribution in [2.75, 3.05) is 20.3 Å². The topological polar surface area (TPSA) is 130 Å². The monoisotopic (exact) mass is 615 g/mol. The molecule has 2 atom stereocenters. The number of nitrogens with zero attached hydrogens (tertiary/aromatic N) is 3. The summed E-state index contributed by atoms with van der Waals surface area (Å²) in [6.07, 6.45) is -0.887. The molecule has 0 aliphatic carbocycles. The van der Waals surface area contributed by atoms with Gasteiger partial charge in [-0.1, -0.05) is 13.8 Å². The molecule has 0 aliphatic rings. The van der Waals surface area contributed by atoms with E-state index in [9.17, 15) is 28.8 Å². The Hall–Kier alpha value is -3.82. The molecule has 1 aromatic carbocycles. The van der Waals surface area contributed by atoms with Crippen LogP contribution in [0.25, 0.3) is 10.2 Å². The third-order valence-electron chi connectivity index (χ3n) is 7.16. The third kappa shape index (κ3) is 6.89. The van der Waals surface area contributed by atoms with Crippen molar-refractivity contribution >= 4 is 33.3 Å². The molecule has 0 N–H and O–H groups in total. The van der Waals surface area contributed by atoms with E-state index in [1.54, 1.807) is 20.8 Å². The van der Waals surface area contributed by atoms with Crippen LogP contribution in [0.1, 0.15) is 74.9 Å². The number of ether oxygens (including phenoxy) is 3. The first kappa shape index (κ1) is 33.7. The van der Waals surface area contributed by atoms with Crippen molar-refractivity contribution in [3.05, 3.63) is 60.9 Å². The number of aromatic nitrogens is 2. The van der Waals surface area contributed by atoms with Crippen molar-refractivity contribution < 1.29 is 28.2 Å². The summed E-state index contributed by atoms with van der Waals surface area (Å²) < 4.78 is 33.5. The van der Waals surface area contributed by atoms with Crippen LogP contribution in [0, 0.1) is 35.9 Å². The van der Waals surface area contributed by atoms with Gasteiger partial charge in [0.15, 0.2) is 5.78 Å². The van der Waals surface area contributed by atoms with Gasteiger partial charge in [-0.2, -0.15) is 5.26 Å². The Balaban J connectivity index is 2.40. The number of aryl methyl sites for hydroxylation is 1. The number of hydrogen-bond donors (Lipinski definition) is 0. The first-order valence-corrected chi connectivity index (χ1v) is 14.9. The van der Waals surface area contributed by atoms with Gasteiger partial charge in [-0.15, -0.1) is 11.3 Å². The smallest absolute Gasteiger partial charge is 0.348 e. The zero-order valence-corrected chi connectivity index (χ0v) is 26.6. The second-order valence-electron chi connectivity index (χ2n) is 11.3. The van der Waals surface area contributed by atoms with E-state index in [4.69, 9.17) is 14.2 Å². The summed E-state index contributed by atoms with van der Waals surface area (Å²) in [5.74, 6) is -1.79. The zero-order valence-electron chi connectivity index (χ0n) is 25.8. The molecule has 10 nitrogen and oxygen atoms in total. The van der Waals surface area contributed by atoms with Crippen LogP contribution in [-0.2, 0) is 26.4 Å². The van der Waals surface area contributed by atoms with Crippen LogP contribution in [0.15, 0.2) is 27.8 Å². The molecule has 3 rings (SSSR count). The fourth-order valence-corrected chi connectivity index (χ4v) is 5.99. The highest BCUT2D eigenvalue weighted by atomic mass is 32.1. The molecule has 232 valence electrons. The predicted octanol–water partition coefficient (Wildman–Crippen LogP) is 5.13. The summed E-state index contributed by atoms with van der Waals surface area (Å²) in [4.78, 5) is 54.9. The van der Waals surface area contributed by atoms with Gasteiger partial charge in [-0.05, 0) is 64.3 Å². The molecule has 0 saturated carbocycles. The Labute approximate surface area is 253 Å². The van der Waals surface area contributed by atoms with E-state index >= 15 is 0 Å². The highest BCUT2D eigenvalue weighted by Crippen LogP contribution is 2.34. The van der Waals surface area contributed by atoms with Crippen molar-refractivity contribution in [1.82, 2.24) is 9.13 Å². The minimum Gasteiger partial charge on any atom is -0.496 e. The van der Waals surface area contributed by atoms with Crippen molar-refractivity contribution in [2.24, 2.45) is 11.8 Å². The Morgan fingerprint density at radius 2 is 1.86 bits per heavy atom. The highest BCUT2D eigenvalue weighted by molar-refractivity contribution is 7.20. The average Bonchev–Trinajstić information content (AvgIpc) is 3.29. The van der Waals surface area contributed by atoms with Gasteiger partial charge in [0, 0.05) is 12.0 Å². The van der Waals surface area contributed by atoms with Gasteiger partial charge in [-0.3, -0.25) is 14.2 Å². The number of ketones is 1. The molecule has 0 bridgehead atoms. The number of thiophene rings is 1. The van der Waals surface area contributed by atoms with Gasteiger partial charge in [-0.25, -0.2) is 18.5 Å². The normalized spacial score (nSPS) is 13.1. The number of rotatable bonds is 13.